The molecule has 112 valence electrons. The Hall–Kier alpha value is -1.40. The molecule has 1 saturated heterocycles. The minimum absolute atomic E-state index is 0.0318. The second-order valence-corrected chi connectivity index (χ2v) is 6.15. The third kappa shape index (κ3) is 3.19. The largest absolute Gasteiger partial charge is 0.395 e. The zero-order chi connectivity index (χ0) is 14.8. The van der Waals surface area contributed by atoms with Crippen molar-refractivity contribution in [3.63, 3.8) is 0 Å². The van der Waals surface area contributed by atoms with Crippen molar-refractivity contribution in [2.75, 3.05) is 44.2 Å². The first-order chi connectivity index (χ1) is 9.43. The molecule has 0 aliphatic carbocycles. The standard InChI is InChI=1S/C14H24N4O2/c1-14(2,3)18-5-4-15-12(13(18)20)17-8-6-16(7-9-17)10-11-19/h4-5,19H,6-11H2,1-3H3. The molecule has 0 bridgehead atoms. The van der Waals surface area contributed by atoms with Crippen LogP contribution in [0.25, 0.3) is 0 Å². The van der Waals surface area contributed by atoms with Crippen LogP contribution in [0, 0.1) is 0 Å². The van der Waals surface area contributed by atoms with E-state index in [-0.39, 0.29) is 17.7 Å². The van der Waals surface area contributed by atoms with Gasteiger partial charge in [0.15, 0.2) is 5.82 Å². The maximum Gasteiger partial charge on any atom is 0.293 e. The summed E-state index contributed by atoms with van der Waals surface area (Å²) >= 11 is 0. The van der Waals surface area contributed by atoms with Crippen LogP contribution in [0.5, 0.6) is 0 Å². The number of aliphatic hydroxyl groups is 1. The number of anilines is 1. The first kappa shape index (κ1) is 15.0. The van der Waals surface area contributed by atoms with Crippen molar-refractivity contribution in [1.82, 2.24) is 14.5 Å². The predicted molar refractivity (Wildman–Crippen MR) is 79.2 cm³/mol. The molecule has 0 amide bonds. The lowest BCUT2D eigenvalue weighted by Gasteiger charge is -2.35. The molecule has 1 aliphatic heterocycles. The Morgan fingerprint density at radius 2 is 1.90 bits per heavy atom. The molecule has 6 heteroatoms. The molecule has 0 saturated carbocycles. The fourth-order valence-corrected chi connectivity index (χ4v) is 2.47. The van der Waals surface area contributed by atoms with Crippen LogP contribution in [0.15, 0.2) is 17.2 Å². The van der Waals surface area contributed by atoms with Gasteiger partial charge >= 0.3 is 0 Å². The molecule has 2 heterocycles. The van der Waals surface area contributed by atoms with Crippen molar-refractivity contribution < 1.29 is 5.11 Å². The lowest BCUT2D eigenvalue weighted by Crippen LogP contribution is -2.49. The van der Waals surface area contributed by atoms with E-state index in [2.05, 4.69) is 9.88 Å². The molecule has 1 fully saturated rings. The molecule has 6 nitrogen and oxygen atoms in total. The average Bonchev–Trinajstić information content (AvgIpc) is 2.39. The van der Waals surface area contributed by atoms with Crippen molar-refractivity contribution in [1.29, 1.82) is 0 Å². The van der Waals surface area contributed by atoms with E-state index >= 15 is 0 Å². The number of aliphatic hydroxyl groups excluding tert-OH is 1. The van der Waals surface area contributed by atoms with E-state index in [4.69, 9.17) is 5.11 Å². The van der Waals surface area contributed by atoms with Gasteiger partial charge in [-0.3, -0.25) is 9.69 Å². The molecule has 0 aromatic carbocycles. The second-order valence-electron chi connectivity index (χ2n) is 6.15. The van der Waals surface area contributed by atoms with E-state index < -0.39 is 0 Å². The lowest BCUT2D eigenvalue weighted by atomic mass is 10.1. The van der Waals surface area contributed by atoms with Crippen molar-refractivity contribution in [2.24, 2.45) is 0 Å². The first-order valence-electron chi connectivity index (χ1n) is 7.10. The highest BCUT2D eigenvalue weighted by Crippen LogP contribution is 2.13. The van der Waals surface area contributed by atoms with Gasteiger partial charge in [-0.1, -0.05) is 0 Å². The normalized spacial score (nSPS) is 17.5. The summed E-state index contributed by atoms with van der Waals surface area (Å²) in [6.07, 6.45) is 3.44. The number of hydrogen-bond donors (Lipinski definition) is 1. The molecule has 0 radical (unpaired) electrons. The van der Waals surface area contributed by atoms with Gasteiger partial charge in [0.25, 0.3) is 5.56 Å². The van der Waals surface area contributed by atoms with E-state index in [1.165, 1.54) is 0 Å². The average molecular weight is 280 g/mol. The van der Waals surface area contributed by atoms with Crippen LogP contribution in [0.2, 0.25) is 0 Å². The van der Waals surface area contributed by atoms with E-state index in [9.17, 15) is 4.79 Å². The number of rotatable bonds is 3. The quantitative estimate of drug-likeness (QED) is 0.852. The summed E-state index contributed by atoms with van der Waals surface area (Å²) in [5.74, 6) is 0.533. The van der Waals surface area contributed by atoms with Crippen LogP contribution in [0.1, 0.15) is 20.8 Å². The van der Waals surface area contributed by atoms with Crippen LogP contribution in [0.4, 0.5) is 5.82 Å². The number of β-amino-alcohol motifs (C(OH)–C–C–N with tert-alkyl or cyclic N) is 1. The Labute approximate surface area is 119 Å². The Balaban J connectivity index is 2.17. The van der Waals surface area contributed by atoms with Crippen LogP contribution in [-0.4, -0.2) is 58.9 Å². The van der Waals surface area contributed by atoms with Gasteiger partial charge in [-0.15, -0.1) is 0 Å². The van der Waals surface area contributed by atoms with Crippen LogP contribution < -0.4 is 10.5 Å². The smallest absolute Gasteiger partial charge is 0.293 e. The summed E-state index contributed by atoms with van der Waals surface area (Å²) in [7, 11) is 0. The number of nitrogens with zero attached hydrogens (tertiary/aromatic N) is 4. The number of piperazine rings is 1. The zero-order valence-electron chi connectivity index (χ0n) is 12.5. The second kappa shape index (κ2) is 5.93. The van der Waals surface area contributed by atoms with Crippen molar-refractivity contribution >= 4 is 5.82 Å². The highest BCUT2D eigenvalue weighted by atomic mass is 16.3. The molecule has 1 aromatic heterocycles. The molecule has 20 heavy (non-hydrogen) atoms. The SMILES string of the molecule is CC(C)(C)n1ccnc(N2CCN(CCO)CC2)c1=O. The van der Waals surface area contributed by atoms with Gasteiger partial charge in [0, 0.05) is 50.7 Å². The molecule has 2 rings (SSSR count). The van der Waals surface area contributed by atoms with Gasteiger partial charge in [0.1, 0.15) is 0 Å². The van der Waals surface area contributed by atoms with Crippen LogP contribution >= 0.6 is 0 Å². The number of aromatic nitrogens is 2. The molecule has 1 aromatic rings. The number of hydrogen-bond acceptors (Lipinski definition) is 5. The van der Waals surface area contributed by atoms with E-state index in [0.717, 1.165) is 26.2 Å². The van der Waals surface area contributed by atoms with Gasteiger partial charge in [-0.25, -0.2) is 4.98 Å². The summed E-state index contributed by atoms with van der Waals surface area (Å²) in [4.78, 5) is 21.0. The van der Waals surface area contributed by atoms with Crippen LogP contribution in [0.3, 0.4) is 0 Å². The van der Waals surface area contributed by atoms with Gasteiger partial charge in [-0.2, -0.15) is 0 Å². The zero-order valence-corrected chi connectivity index (χ0v) is 12.5. The van der Waals surface area contributed by atoms with Gasteiger partial charge in [0.05, 0.1) is 6.61 Å². The Kier molecular flexibility index (Phi) is 4.45. The third-order valence-corrected chi connectivity index (χ3v) is 3.63. The molecular formula is C14H24N4O2. The topological polar surface area (TPSA) is 61.6 Å². The van der Waals surface area contributed by atoms with Gasteiger partial charge in [0.2, 0.25) is 0 Å². The maximum absolute atomic E-state index is 12.5. The predicted octanol–water partition coefficient (Wildman–Crippen LogP) is 0.113. The van der Waals surface area contributed by atoms with Crippen molar-refractivity contribution in [2.45, 2.75) is 26.3 Å². The summed E-state index contributed by atoms with van der Waals surface area (Å²) in [5.41, 5.74) is -0.274. The Morgan fingerprint density at radius 1 is 1.25 bits per heavy atom. The van der Waals surface area contributed by atoms with Crippen molar-refractivity contribution in [3.8, 4) is 0 Å². The Bertz CT molecular complexity index is 499. The monoisotopic (exact) mass is 280 g/mol. The first-order valence-corrected chi connectivity index (χ1v) is 7.10. The highest BCUT2D eigenvalue weighted by molar-refractivity contribution is 5.36. The Morgan fingerprint density at radius 3 is 2.45 bits per heavy atom. The minimum Gasteiger partial charge on any atom is -0.395 e. The maximum atomic E-state index is 12.5. The molecule has 0 atom stereocenters. The van der Waals surface area contributed by atoms with Gasteiger partial charge in [-0.05, 0) is 20.8 Å². The molecule has 1 N–H and O–H groups in total. The molecule has 0 unspecified atom stereocenters. The third-order valence-electron chi connectivity index (χ3n) is 3.63. The summed E-state index contributed by atoms with van der Waals surface area (Å²) < 4.78 is 1.73. The molecule has 1 aliphatic rings. The van der Waals surface area contributed by atoms with Crippen molar-refractivity contribution in [3.05, 3.63) is 22.7 Å². The van der Waals surface area contributed by atoms with Crippen LogP contribution in [-0.2, 0) is 5.54 Å². The summed E-state index contributed by atoms with van der Waals surface area (Å²) in [6.45, 7) is 10.2. The lowest BCUT2D eigenvalue weighted by molar-refractivity contribution is 0.188. The fraction of sp³-hybridized carbons (Fsp3) is 0.714. The minimum atomic E-state index is -0.243. The summed E-state index contributed by atoms with van der Waals surface area (Å²) in [5, 5.41) is 8.95. The molecule has 0 spiro atoms. The summed E-state index contributed by atoms with van der Waals surface area (Å²) in [6, 6.07) is 0. The molecular weight excluding hydrogens is 256 g/mol. The van der Waals surface area contributed by atoms with E-state index in [0.29, 0.717) is 12.4 Å². The van der Waals surface area contributed by atoms with E-state index in [1.54, 1.807) is 17.0 Å². The van der Waals surface area contributed by atoms with Gasteiger partial charge < -0.3 is 14.6 Å². The fourth-order valence-electron chi connectivity index (χ4n) is 2.47. The van der Waals surface area contributed by atoms with E-state index in [1.807, 2.05) is 25.7 Å². The highest BCUT2D eigenvalue weighted by Gasteiger charge is 2.23.